The Morgan fingerprint density at radius 2 is 1.61 bits per heavy atom. The van der Waals surface area contributed by atoms with E-state index in [1.54, 1.807) is 0 Å². The maximum Gasteiger partial charge on any atom is 0.389 e. The van der Waals surface area contributed by atoms with Gasteiger partial charge in [-0.25, -0.2) is 0 Å². The Morgan fingerprint density at radius 1 is 1.17 bits per heavy atom. The van der Waals surface area contributed by atoms with Crippen molar-refractivity contribution in [3.05, 3.63) is 11.8 Å². The van der Waals surface area contributed by atoms with E-state index in [2.05, 4.69) is 0 Å². The fourth-order valence-corrected chi connectivity index (χ4v) is 2.05. The molecule has 0 fully saturated rings. The third kappa shape index (κ3) is 6.67. The van der Waals surface area contributed by atoms with E-state index in [4.69, 9.17) is 0 Å². The molecule has 5 heteroatoms. The average molecular weight is 266 g/mol. The molecule has 0 aliphatic rings. The van der Waals surface area contributed by atoms with Crippen LogP contribution in [0.5, 0.6) is 0 Å². The lowest BCUT2D eigenvalue weighted by atomic mass is 9.83. The standard InChI is InChI=1S/C13H21F3O2/c1-8(2)12(9(3)4)11(18)7-10(17)5-6-13(14,15)16/h7-9,12,18H,5-6H2,1-4H3/b11-7-. The van der Waals surface area contributed by atoms with E-state index in [1.165, 1.54) is 0 Å². The van der Waals surface area contributed by atoms with Gasteiger partial charge in [0, 0.05) is 18.4 Å². The number of aliphatic hydroxyl groups is 1. The number of ketones is 1. The summed E-state index contributed by atoms with van der Waals surface area (Å²) in [6.45, 7) is 7.59. The number of halogens is 3. The third-order valence-corrected chi connectivity index (χ3v) is 2.74. The highest BCUT2D eigenvalue weighted by Crippen LogP contribution is 2.27. The Hall–Kier alpha value is -1.00. The summed E-state index contributed by atoms with van der Waals surface area (Å²) in [6.07, 6.45) is -5.16. The van der Waals surface area contributed by atoms with Crippen LogP contribution in [0.1, 0.15) is 40.5 Å². The fraction of sp³-hybridized carbons (Fsp3) is 0.769. The smallest absolute Gasteiger partial charge is 0.389 e. The predicted molar refractivity (Wildman–Crippen MR) is 64.2 cm³/mol. The molecule has 0 radical (unpaired) electrons. The Bertz CT molecular complexity index is 296. The van der Waals surface area contributed by atoms with Gasteiger partial charge < -0.3 is 5.11 Å². The van der Waals surface area contributed by atoms with Crippen molar-refractivity contribution in [1.29, 1.82) is 0 Å². The van der Waals surface area contributed by atoms with Crippen LogP contribution in [0.15, 0.2) is 11.8 Å². The van der Waals surface area contributed by atoms with E-state index in [0.717, 1.165) is 6.08 Å². The minimum Gasteiger partial charge on any atom is -0.512 e. The van der Waals surface area contributed by atoms with Crippen LogP contribution in [0.2, 0.25) is 0 Å². The molecular weight excluding hydrogens is 245 g/mol. The summed E-state index contributed by atoms with van der Waals surface area (Å²) in [5.74, 6) is -0.767. The Balaban J connectivity index is 4.60. The van der Waals surface area contributed by atoms with Crippen molar-refractivity contribution >= 4 is 5.78 Å². The van der Waals surface area contributed by atoms with Crippen molar-refractivity contribution in [2.75, 3.05) is 0 Å². The highest BCUT2D eigenvalue weighted by Gasteiger charge is 2.28. The first-order valence-electron chi connectivity index (χ1n) is 6.04. The second kappa shape index (κ2) is 6.81. The highest BCUT2D eigenvalue weighted by molar-refractivity contribution is 5.90. The number of carbonyl (C=O) groups is 1. The molecule has 0 amide bonds. The number of hydrogen-bond acceptors (Lipinski definition) is 2. The summed E-state index contributed by atoms with van der Waals surface area (Å²) in [5, 5.41) is 9.81. The summed E-state index contributed by atoms with van der Waals surface area (Å²) < 4.78 is 35.8. The van der Waals surface area contributed by atoms with Gasteiger partial charge in [0.15, 0.2) is 5.78 Å². The van der Waals surface area contributed by atoms with Crippen LogP contribution in [0.3, 0.4) is 0 Å². The van der Waals surface area contributed by atoms with Crippen molar-refractivity contribution in [3.8, 4) is 0 Å². The summed E-state index contributed by atoms with van der Waals surface area (Å²) in [4.78, 5) is 11.3. The molecule has 0 aromatic heterocycles. The maximum atomic E-state index is 11.9. The molecule has 18 heavy (non-hydrogen) atoms. The number of alkyl halides is 3. The number of carbonyl (C=O) groups excluding carboxylic acids is 1. The molecule has 1 N–H and O–H groups in total. The second-order valence-electron chi connectivity index (χ2n) is 5.16. The quantitative estimate of drug-likeness (QED) is 0.576. The molecule has 0 bridgehead atoms. The van der Waals surface area contributed by atoms with Crippen molar-refractivity contribution in [1.82, 2.24) is 0 Å². The summed E-state index contributed by atoms with van der Waals surface area (Å²) in [5.41, 5.74) is 0. The van der Waals surface area contributed by atoms with Crippen molar-refractivity contribution in [3.63, 3.8) is 0 Å². The monoisotopic (exact) mass is 266 g/mol. The summed E-state index contributed by atoms with van der Waals surface area (Å²) in [6, 6.07) is 0. The molecule has 0 aromatic carbocycles. The van der Waals surface area contributed by atoms with E-state index < -0.39 is 24.8 Å². The minimum absolute atomic E-state index is 0.118. The molecule has 0 unspecified atom stereocenters. The molecule has 0 spiro atoms. The number of rotatable bonds is 6. The van der Waals surface area contributed by atoms with Gasteiger partial charge in [-0.05, 0) is 11.8 Å². The molecule has 0 aliphatic heterocycles. The third-order valence-electron chi connectivity index (χ3n) is 2.74. The zero-order chi connectivity index (χ0) is 14.5. The predicted octanol–water partition coefficient (Wildman–Crippen LogP) is 4.27. The number of hydrogen-bond donors (Lipinski definition) is 1. The van der Waals surface area contributed by atoms with Crippen LogP contribution >= 0.6 is 0 Å². The van der Waals surface area contributed by atoms with Crippen LogP contribution in [0.4, 0.5) is 13.2 Å². The topological polar surface area (TPSA) is 37.3 Å². The first-order valence-corrected chi connectivity index (χ1v) is 6.04. The van der Waals surface area contributed by atoms with E-state index in [-0.39, 0.29) is 23.5 Å². The van der Waals surface area contributed by atoms with Gasteiger partial charge in [0.2, 0.25) is 0 Å². The number of aliphatic hydroxyl groups excluding tert-OH is 1. The number of allylic oxidation sites excluding steroid dienone is 2. The first kappa shape index (κ1) is 17.0. The lowest BCUT2D eigenvalue weighted by molar-refractivity contribution is -0.141. The average Bonchev–Trinajstić information content (AvgIpc) is 2.11. The summed E-state index contributed by atoms with van der Waals surface area (Å²) >= 11 is 0. The molecule has 2 nitrogen and oxygen atoms in total. The van der Waals surface area contributed by atoms with Gasteiger partial charge in [-0.2, -0.15) is 13.2 Å². The molecule has 106 valence electrons. The lowest BCUT2D eigenvalue weighted by Crippen LogP contribution is -2.19. The van der Waals surface area contributed by atoms with E-state index >= 15 is 0 Å². The molecule has 0 saturated heterocycles. The zero-order valence-corrected chi connectivity index (χ0v) is 11.2. The van der Waals surface area contributed by atoms with Gasteiger partial charge in [0.1, 0.15) is 0 Å². The molecule has 0 aromatic rings. The van der Waals surface area contributed by atoms with E-state index in [1.807, 2.05) is 27.7 Å². The maximum absolute atomic E-state index is 11.9. The fourth-order valence-electron chi connectivity index (χ4n) is 2.05. The van der Waals surface area contributed by atoms with Gasteiger partial charge in [0.25, 0.3) is 0 Å². The van der Waals surface area contributed by atoms with Crippen LogP contribution in [0, 0.1) is 17.8 Å². The van der Waals surface area contributed by atoms with E-state index in [0.29, 0.717) is 0 Å². The van der Waals surface area contributed by atoms with Crippen molar-refractivity contribution in [2.24, 2.45) is 17.8 Å². The lowest BCUT2D eigenvalue weighted by Gasteiger charge is -2.23. The first-order chi connectivity index (χ1) is 8.04. The molecular formula is C13H21F3O2. The van der Waals surface area contributed by atoms with Gasteiger partial charge in [-0.3, -0.25) is 4.79 Å². The Labute approximate surface area is 106 Å². The summed E-state index contributed by atoms with van der Waals surface area (Å²) in [7, 11) is 0. The van der Waals surface area contributed by atoms with E-state index in [9.17, 15) is 23.1 Å². The molecule has 0 atom stereocenters. The molecule has 0 saturated carbocycles. The molecule has 0 rings (SSSR count). The minimum atomic E-state index is -4.34. The van der Waals surface area contributed by atoms with Crippen molar-refractivity contribution < 1.29 is 23.1 Å². The van der Waals surface area contributed by atoms with Gasteiger partial charge in [-0.15, -0.1) is 0 Å². The van der Waals surface area contributed by atoms with Crippen LogP contribution in [-0.4, -0.2) is 17.1 Å². The SMILES string of the molecule is CC(C)C(/C(O)=C/C(=O)CCC(F)(F)F)C(C)C. The molecule has 0 aliphatic carbocycles. The van der Waals surface area contributed by atoms with Crippen molar-refractivity contribution in [2.45, 2.75) is 46.7 Å². The van der Waals surface area contributed by atoms with Crippen LogP contribution in [0.25, 0.3) is 0 Å². The normalized spacial score (nSPS) is 13.8. The zero-order valence-electron chi connectivity index (χ0n) is 11.2. The van der Waals surface area contributed by atoms with Gasteiger partial charge in [0.05, 0.1) is 12.2 Å². The molecule has 0 heterocycles. The second-order valence-corrected chi connectivity index (χ2v) is 5.16. The largest absolute Gasteiger partial charge is 0.512 e. The Morgan fingerprint density at radius 3 is 1.94 bits per heavy atom. The van der Waals surface area contributed by atoms with Crippen LogP contribution in [-0.2, 0) is 4.79 Å². The van der Waals surface area contributed by atoms with Gasteiger partial charge >= 0.3 is 6.18 Å². The Kier molecular flexibility index (Phi) is 6.43. The highest BCUT2D eigenvalue weighted by atomic mass is 19.4. The van der Waals surface area contributed by atoms with Crippen LogP contribution < -0.4 is 0 Å². The van der Waals surface area contributed by atoms with Gasteiger partial charge in [-0.1, -0.05) is 27.7 Å².